The summed E-state index contributed by atoms with van der Waals surface area (Å²) in [5.41, 5.74) is 0.633. The lowest BCUT2D eigenvalue weighted by Crippen LogP contribution is -1.96. The van der Waals surface area contributed by atoms with Crippen molar-refractivity contribution in [2.45, 2.75) is 0 Å². The zero-order chi connectivity index (χ0) is 11.1. The van der Waals surface area contributed by atoms with Gasteiger partial charge in [-0.3, -0.25) is 4.79 Å². The minimum absolute atomic E-state index is 0.0850. The van der Waals surface area contributed by atoms with Crippen LogP contribution in [0.25, 0.3) is 11.0 Å². The van der Waals surface area contributed by atoms with Crippen molar-refractivity contribution in [3.05, 3.63) is 24.0 Å². The average Bonchev–Trinajstić information content (AvgIpc) is 2.89. The van der Waals surface area contributed by atoms with E-state index in [9.17, 15) is 4.79 Å². The van der Waals surface area contributed by atoms with Gasteiger partial charge in [-0.05, 0) is 12.1 Å². The van der Waals surface area contributed by atoms with E-state index >= 15 is 0 Å². The molecule has 3 rings (SSSR count). The smallest absolute Gasteiger partial charge is 0.231 e. The molecule has 0 radical (unpaired) electrons. The molecule has 0 fully saturated rings. The lowest BCUT2D eigenvalue weighted by molar-refractivity contribution is 0.0995. The van der Waals surface area contributed by atoms with Gasteiger partial charge in [0.1, 0.15) is 5.58 Å². The van der Waals surface area contributed by atoms with E-state index in [1.807, 2.05) is 6.07 Å². The molecule has 82 valence electrons. The second-order valence-electron chi connectivity index (χ2n) is 3.41. The molecular weight excluding hydrogens is 276 g/mol. The lowest BCUT2D eigenvalue weighted by atomic mass is 10.2. The first-order valence-electron chi connectivity index (χ1n) is 4.70. The molecule has 0 saturated carbocycles. The van der Waals surface area contributed by atoms with Crippen LogP contribution in [0.4, 0.5) is 0 Å². The zero-order valence-electron chi connectivity index (χ0n) is 8.16. The zero-order valence-corrected chi connectivity index (χ0v) is 9.74. The number of ether oxygens (including phenoxy) is 2. The Bertz CT molecular complexity index is 532. The number of halogens is 1. The third-order valence-electron chi connectivity index (χ3n) is 2.41. The number of carbonyl (C=O) groups is 1. The molecule has 0 saturated heterocycles. The molecule has 16 heavy (non-hydrogen) atoms. The van der Waals surface area contributed by atoms with Crippen LogP contribution in [-0.2, 0) is 0 Å². The monoisotopic (exact) mass is 282 g/mol. The summed E-state index contributed by atoms with van der Waals surface area (Å²) in [5.74, 6) is 1.60. The fraction of sp³-hybridized carbons (Fsp3) is 0.182. The molecule has 0 aliphatic carbocycles. The Balaban J connectivity index is 2.15. The maximum Gasteiger partial charge on any atom is 0.231 e. The lowest BCUT2D eigenvalue weighted by Gasteiger charge is -1.93. The van der Waals surface area contributed by atoms with Crippen LogP contribution in [0, 0.1) is 0 Å². The Morgan fingerprint density at radius 2 is 2.00 bits per heavy atom. The molecule has 1 aromatic heterocycles. The van der Waals surface area contributed by atoms with Crippen molar-refractivity contribution in [3.8, 4) is 11.5 Å². The number of carbonyl (C=O) groups excluding carboxylic acids is 1. The minimum Gasteiger partial charge on any atom is -0.454 e. The first-order chi connectivity index (χ1) is 7.78. The van der Waals surface area contributed by atoms with Gasteiger partial charge >= 0.3 is 0 Å². The van der Waals surface area contributed by atoms with Gasteiger partial charge in [0.15, 0.2) is 17.3 Å². The van der Waals surface area contributed by atoms with Crippen molar-refractivity contribution in [1.29, 1.82) is 0 Å². The number of Topliss-reactive ketones (excluding diaryl/α,β-unsaturated/α-hetero) is 1. The summed E-state index contributed by atoms with van der Waals surface area (Å²) in [6, 6.07) is 5.26. The third kappa shape index (κ3) is 1.39. The van der Waals surface area contributed by atoms with Gasteiger partial charge in [0, 0.05) is 11.5 Å². The van der Waals surface area contributed by atoms with Gasteiger partial charge in [0.05, 0.1) is 5.33 Å². The number of fused-ring (bicyclic) bond motifs is 2. The second kappa shape index (κ2) is 3.52. The predicted octanol–water partition coefficient (Wildman–Crippen LogP) is 2.74. The van der Waals surface area contributed by atoms with Crippen LogP contribution in [0.3, 0.4) is 0 Å². The molecule has 5 heteroatoms. The molecule has 0 bridgehead atoms. The van der Waals surface area contributed by atoms with Crippen LogP contribution in [0.15, 0.2) is 22.6 Å². The van der Waals surface area contributed by atoms with Gasteiger partial charge in [-0.1, -0.05) is 15.9 Å². The predicted molar refractivity (Wildman–Crippen MR) is 60.5 cm³/mol. The van der Waals surface area contributed by atoms with E-state index < -0.39 is 0 Å². The molecule has 1 aromatic carbocycles. The summed E-state index contributed by atoms with van der Waals surface area (Å²) in [6.45, 7) is 0.231. The normalized spacial score (nSPS) is 13.3. The molecule has 0 N–H and O–H groups in total. The highest BCUT2D eigenvalue weighted by molar-refractivity contribution is 9.09. The van der Waals surface area contributed by atoms with E-state index in [2.05, 4.69) is 15.9 Å². The Morgan fingerprint density at radius 1 is 1.25 bits per heavy atom. The summed E-state index contributed by atoms with van der Waals surface area (Å²) in [6.07, 6.45) is 0. The fourth-order valence-corrected chi connectivity index (χ4v) is 1.91. The summed E-state index contributed by atoms with van der Waals surface area (Å²) >= 11 is 3.10. The number of hydrogen-bond donors (Lipinski definition) is 0. The summed E-state index contributed by atoms with van der Waals surface area (Å²) in [7, 11) is 0. The van der Waals surface area contributed by atoms with E-state index in [0.29, 0.717) is 22.8 Å². The van der Waals surface area contributed by atoms with Crippen LogP contribution in [0.5, 0.6) is 11.5 Å². The van der Waals surface area contributed by atoms with Crippen LogP contribution >= 0.6 is 15.9 Å². The van der Waals surface area contributed by atoms with Crippen LogP contribution in [0.2, 0.25) is 0 Å². The molecule has 0 amide bonds. The molecular formula is C11H7BrO4. The maximum atomic E-state index is 11.4. The van der Waals surface area contributed by atoms with Crippen molar-refractivity contribution in [2.24, 2.45) is 0 Å². The van der Waals surface area contributed by atoms with E-state index in [1.165, 1.54) is 0 Å². The first-order valence-corrected chi connectivity index (χ1v) is 5.82. The van der Waals surface area contributed by atoms with Gasteiger partial charge in [0.2, 0.25) is 12.6 Å². The Morgan fingerprint density at radius 3 is 2.75 bits per heavy atom. The summed E-state index contributed by atoms with van der Waals surface area (Å²) < 4.78 is 15.9. The van der Waals surface area contributed by atoms with Crippen LogP contribution in [0.1, 0.15) is 10.6 Å². The average molecular weight is 283 g/mol. The number of ketones is 1. The number of furan rings is 1. The van der Waals surface area contributed by atoms with E-state index in [4.69, 9.17) is 13.9 Å². The Labute approximate surface area is 99.3 Å². The highest BCUT2D eigenvalue weighted by Gasteiger charge is 2.18. The van der Waals surface area contributed by atoms with Crippen molar-refractivity contribution in [1.82, 2.24) is 0 Å². The molecule has 1 aliphatic heterocycles. The summed E-state index contributed by atoms with van der Waals surface area (Å²) in [5, 5.41) is 1.09. The maximum absolute atomic E-state index is 11.4. The van der Waals surface area contributed by atoms with Crippen LogP contribution < -0.4 is 9.47 Å². The molecule has 2 aromatic rings. The Kier molecular flexibility index (Phi) is 2.14. The second-order valence-corrected chi connectivity index (χ2v) is 3.97. The number of alkyl halides is 1. The van der Waals surface area contributed by atoms with Crippen LogP contribution in [-0.4, -0.2) is 17.9 Å². The van der Waals surface area contributed by atoms with Crippen molar-refractivity contribution in [2.75, 3.05) is 12.1 Å². The van der Waals surface area contributed by atoms with Crippen molar-refractivity contribution >= 4 is 32.7 Å². The molecule has 4 nitrogen and oxygen atoms in total. The van der Waals surface area contributed by atoms with Gasteiger partial charge in [-0.25, -0.2) is 0 Å². The fourth-order valence-electron chi connectivity index (χ4n) is 1.63. The van der Waals surface area contributed by atoms with Crippen molar-refractivity contribution < 1.29 is 18.7 Å². The van der Waals surface area contributed by atoms with Gasteiger partial charge in [-0.2, -0.15) is 0 Å². The number of rotatable bonds is 2. The van der Waals surface area contributed by atoms with Gasteiger partial charge in [-0.15, -0.1) is 0 Å². The molecule has 0 atom stereocenters. The topological polar surface area (TPSA) is 48.7 Å². The Hall–Kier alpha value is -1.49. The SMILES string of the molecule is O=C(CBr)c1cc2cc3c(cc2o1)OCO3. The molecule has 2 heterocycles. The van der Waals surface area contributed by atoms with Gasteiger partial charge in [0.25, 0.3) is 0 Å². The first kappa shape index (κ1) is 9.72. The number of benzene rings is 1. The highest BCUT2D eigenvalue weighted by Crippen LogP contribution is 2.37. The molecule has 0 unspecified atom stereocenters. The molecule has 1 aliphatic rings. The summed E-state index contributed by atoms with van der Waals surface area (Å²) in [4.78, 5) is 11.4. The molecule has 0 spiro atoms. The highest BCUT2D eigenvalue weighted by atomic mass is 79.9. The minimum atomic E-state index is -0.0850. The quantitative estimate of drug-likeness (QED) is 0.628. The van der Waals surface area contributed by atoms with Crippen molar-refractivity contribution in [3.63, 3.8) is 0 Å². The largest absolute Gasteiger partial charge is 0.454 e. The van der Waals surface area contributed by atoms with E-state index in [1.54, 1.807) is 12.1 Å². The van der Waals surface area contributed by atoms with E-state index in [-0.39, 0.29) is 17.9 Å². The number of hydrogen-bond acceptors (Lipinski definition) is 4. The van der Waals surface area contributed by atoms with Gasteiger partial charge < -0.3 is 13.9 Å². The third-order valence-corrected chi connectivity index (χ3v) is 2.92. The standard InChI is InChI=1S/C11H7BrO4/c12-4-7(13)9-1-6-2-10-11(15-5-14-10)3-8(6)16-9/h1-3H,4-5H2. The van der Waals surface area contributed by atoms with E-state index in [0.717, 1.165) is 5.39 Å².